The lowest BCUT2D eigenvalue weighted by atomic mass is 9.90. The Labute approximate surface area is 128 Å². The minimum Gasteiger partial charge on any atom is -0.481 e. The maximum Gasteiger partial charge on any atom is 0.311 e. The summed E-state index contributed by atoms with van der Waals surface area (Å²) in [5.74, 6) is -1.70. The molecule has 0 radical (unpaired) electrons. The van der Waals surface area contributed by atoms with Gasteiger partial charge in [0.15, 0.2) is 17.7 Å². The summed E-state index contributed by atoms with van der Waals surface area (Å²) in [7, 11) is 0. The van der Waals surface area contributed by atoms with Gasteiger partial charge in [0, 0.05) is 13.1 Å². The van der Waals surface area contributed by atoms with Gasteiger partial charge in [-0.2, -0.15) is 0 Å². The Balaban J connectivity index is 2.07. The van der Waals surface area contributed by atoms with E-state index >= 15 is 0 Å². The van der Waals surface area contributed by atoms with Crippen LogP contribution in [0.4, 0.5) is 4.39 Å². The van der Waals surface area contributed by atoms with Crippen molar-refractivity contribution in [3.63, 3.8) is 0 Å². The van der Waals surface area contributed by atoms with E-state index in [0.29, 0.717) is 19.4 Å². The second-order valence-electron chi connectivity index (χ2n) is 5.82. The molecule has 2 atom stereocenters. The SMILES string of the molecule is CC[C@H](Oc1ccccc1F)C(=O)N1CC[C@](C)(C(=O)O)C1. The molecule has 1 saturated heterocycles. The minimum absolute atomic E-state index is 0.0305. The summed E-state index contributed by atoms with van der Waals surface area (Å²) in [6.07, 6.45) is -0.0227. The van der Waals surface area contributed by atoms with Crippen LogP contribution < -0.4 is 4.74 Å². The number of aliphatic carboxylic acids is 1. The number of likely N-dealkylation sites (tertiary alicyclic amines) is 1. The highest BCUT2D eigenvalue weighted by molar-refractivity contribution is 5.83. The molecule has 1 N–H and O–H groups in total. The van der Waals surface area contributed by atoms with Gasteiger partial charge in [-0.1, -0.05) is 19.1 Å². The number of halogens is 1. The summed E-state index contributed by atoms with van der Waals surface area (Å²) in [6, 6.07) is 5.91. The molecule has 1 fully saturated rings. The first kappa shape index (κ1) is 16.3. The Hall–Kier alpha value is -2.11. The molecule has 0 bridgehead atoms. The van der Waals surface area contributed by atoms with Crippen molar-refractivity contribution in [2.45, 2.75) is 32.8 Å². The molecular weight excluding hydrogens is 289 g/mol. The van der Waals surface area contributed by atoms with Gasteiger partial charge in [-0.05, 0) is 31.9 Å². The van der Waals surface area contributed by atoms with E-state index in [0.717, 1.165) is 0 Å². The second kappa shape index (κ2) is 6.34. The molecule has 6 heteroatoms. The molecule has 0 aromatic heterocycles. The predicted molar refractivity (Wildman–Crippen MR) is 78.0 cm³/mol. The van der Waals surface area contributed by atoms with Crippen LogP contribution >= 0.6 is 0 Å². The number of ether oxygens (including phenoxy) is 1. The molecule has 0 saturated carbocycles. The topological polar surface area (TPSA) is 66.8 Å². The fourth-order valence-corrected chi connectivity index (χ4v) is 2.53. The Bertz CT molecular complexity index is 577. The van der Waals surface area contributed by atoms with Crippen molar-refractivity contribution >= 4 is 11.9 Å². The van der Waals surface area contributed by atoms with E-state index in [2.05, 4.69) is 0 Å². The zero-order valence-corrected chi connectivity index (χ0v) is 12.7. The zero-order chi connectivity index (χ0) is 16.3. The van der Waals surface area contributed by atoms with E-state index in [9.17, 15) is 19.1 Å². The first-order valence-electron chi connectivity index (χ1n) is 7.31. The number of nitrogens with zero attached hydrogens (tertiary/aromatic N) is 1. The average Bonchev–Trinajstić information content (AvgIpc) is 2.90. The van der Waals surface area contributed by atoms with Gasteiger partial charge in [0.1, 0.15) is 0 Å². The lowest BCUT2D eigenvalue weighted by Gasteiger charge is -2.25. The van der Waals surface area contributed by atoms with Crippen LogP contribution in [0.1, 0.15) is 26.7 Å². The van der Waals surface area contributed by atoms with Crippen LogP contribution in [-0.2, 0) is 9.59 Å². The summed E-state index contributed by atoms with van der Waals surface area (Å²) < 4.78 is 19.1. The summed E-state index contributed by atoms with van der Waals surface area (Å²) in [6.45, 7) is 3.92. The third-order valence-corrected chi connectivity index (χ3v) is 4.05. The Morgan fingerprint density at radius 2 is 2.14 bits per heavy atom. The van der Waals surface area contributed by atoms with E-state index < -0.39 is 23.3 Å². The van der Waals surface area contributed by atoms with Gasteiger partial charge >= 0.3 is 5.97 Å². The Kier molecular flexibility index (Phi) is 4.68. The van der Waals surface area contributed by atoms with Crippen LogP contribution in [0.25, 0.3) is 0 Å². The molecule has 22 heavy (non-hydrogen) atoms. The molecule has 1 amide bonds. The maximum atomic E-state index is 13.6. The third-order valence-electron chi connectivity index (χ3n) is 4.05. The fraction of sp³-hybridized carbons (Fsp3) is 0.500. The zero-order valence-electron chi connectivity index (χ0n) is 12.7. The monoisotopic (exact) mass is 309 g/mol. The molecule has 0 unspecified atom stereocenters. The van der Waals surface area contributed by atoms with Crippen molar-refractivity contribution in [2.24, 2.45) is 5.41 Å². The first-order valence-corrected chi connectivity index (χ1v) is 7.31. The fourth-order valence-electron chi connectivity index (χ4n) is 2.53. The number of carboxylic acids is 1. The molecule has 0 aliphatic carbocycles. The highest BCUT2D eigenvalue weighted by Gasteiger charge is 2.43. The highest BCUT2D eigenvalue weighted by Crippen LogP contribution is 2.31. The van der Waals surface area contributed by atoms with Gasteiger partial charge in [0.05, 0.1) is 5.41 Å². The van der Waals surface area contributed by atoms with Gasteiger partial charge in [0.25, 0.3) is 5.91 Å². The summed E-state index contributed by atoms with van der Waals surface area (Å²) in [5.41, 5.74) is -0.925. The maximum absolute atomic E-state index is 13.6. The van der Waals surface area contributed by atoms with Crippen molar-refractivity contribution in [1.82, 2.24) is 4.90 Å². The average molecular weight is 309 g/mol. The number of rotatable bonds is 5. The van der Waals surface area contributed by atoms with E-state index in [-0.39, 0.29) is 18.2 Å². The second-order valence-corrected chi connectivity index (χ2v) is 5.82. The normalized spacial score (nSPS) is 22.4. The van der Waals surface area contributed by atoms with Gasteiger partial charge in [-0.25, -0.2) is 4.39 Å². The lowest BCUT2D eigenvalue weighted by Crippen LogP contribution is -2.42. The van der Waals surface area contributed by atoms with Crippen LogP contribution in [0.2, 0.25) is 0 Å². The van der Waals surface area contributed by atoms with Crippen LogP contribution in [0.5, 0.6) is 5.75 Å². The number of amides is 1. The standard InChI is InChI=1S/C16H20FNO4/c1-3-12(22-13-7-5-4-6-11(13)17)14(19)18-9-8-16(2,10-18)15(20)21/h4-7,12H,3,8-10H2,1-2H3,(H,20,21)/t12-,16-/m0/s1. The molecule has 1 aromatic rings. The summed E-state index contributed by atoms with van der Waals surface area (Å²) >= 11 is 0. The summed E-state index contributed by atoms with van der Waals surface area (Å²) in [5, 5.41) is 9.22. The number of carbonyl (C=O) groups is 2. The quantitative estimate of drug-likeness (QED) is 0.906. The number of para-hydroxylation sites is 1. The molecule has 120 valence electrons. The van der Waals surface area contributed by atoms with E-state index in [1.54, 1.807) is 26.0 Å². The number of hydrogen-bond donors (Lipinski definition) is 1. The first-order chi connectivity index (χ1) is 10.4. The number of hydrogen-bond acceptors (Lipinski definition) is 3. The van der Waals surface area contributed by atoms with Crippen molar-refractivity contribution in [1.29, 1.82) is 0 Å². The van der Waals surface area contributed by atoms with Crippen molar-refractivity contribution in [3.05, 3.63) is 30.1 Å². The number of benzene rings is 1. The van der Waals surface area contributed by atoms with Crippen molar-refractivity contribution < 1.29 is 23.8 Å². The molecule has 1 aliphatic rings. The Morgan fingerprint density at radius 1 is 1.45 bits per heavy atom. The third kappa shape index (κ3) is 3.21. The van der Waals surface area contributed by atoms with Gasteiger partial charge in [-0.15, -0.1) is 0 Å². The van der Waals surface area contributed by atoms with Gasteiger partial charge in [-0.3, -0.25) is 9.59 Å². The van der Waals surface area contributed by atoms with Crippen molar-refractivity contribution in [3.8, 4) is 5.75 Å². The van der Waals surface area contributed by atoms with E-state index in [4.69, 9.17) is 4.74 Å². The molecule has 1 aromatic carbocycles. The van der Waals surface area contributed by atoms with Gasteiger partial charge in [0.2, 0.25) is 0 Å². The van der Waals surface area contributed by atoms with Crippen LogP contribution in [0.15, 0.2) is 24.3 Å². The summed E-state index contributed by atoms with van der Waals surface area (Å²) in [4.78, 5) is 25.2. The number of carbonyl (C=O) groups excluding carboxylic acids is 1. The number of carboxylic acid groups (broad SMARTS) is 1. The lowest BCUT2D eigenvalue weighted by molar-refractivity contribution is -0.148. The van der Waals surface area contributed by atoms with Gasteiger partial charge < -0.3 is 14.7 Å². The highest BCUT2D eigenvalue weighted by atomic mass is 19.1. The minimum atomic E-state index is -0.925. The molecule has 1 heterocycles. The van der Waals surface area contributed by atoms with Crippen molar-refractivity contribution in [2.75, 3.05) is 13.1 Å². The largest absolute Gasteiger partial charge is 0.481 e. The molecular formula is C16H20FNO4. The van der Waals surface area contributed by atoms with Crippen LogP contribution in [-0.4, -0.2) is 41.1 Å². The molecule has 1 aliphatic heterocycles. The Morgan fingerprint density at radius 3 is 2.68 bits per heavy atom. The predicted octanol–water partition coefficient (Wildman–Crippen LogP) is 2.31. The van der Waals surface area contributed by atoms with E-state index in [1.165, 1.54) is 17.0 Å². The van der Waals surface area contributed by atoms with Crippen LogP contribution in [0, 0.1) is 11.2 Å². The molecule has 5 nitrogen and oxygen atoms in total. The smallest absolute Gasteiger partial charge is 0.311 e. The molecule has 2 rings (SSSR count). The van der Waals surface area contributed by atoms with E-state index in [1.807, 2.05) is 0 Å². The molecule has 0 spiro atoms. The van der Waals surface area contributed by atoms with Crippen LogP contribution in [0.3, 0.4) is 0 Å².